The van der Waals surface area contributed by atoms with E-state index in [9.17, 15) is 0 Å². The third-order valence-corrected chi connectivity index (χ3v) is 11.4. The lowest BCUT2D eigenvalue weighted by Crippen LogP contribution is -2.26. The van der Waals surface area contributed by atoms with E-state index in [2.05, 4.69) is 50.5 Å². The molecule has 0 nitrogen and oxygen atoms in total. The van der Waals surface area contributed by atoms with Crippen LogP contribution in [0.25, 0.3) is 0 Å². The van der Waals surface area contributed by atoms with Gasteiger partial charge in [0, 0.05) is 39.8 Å². The maximum absolute atomic E-state index is 4.99. The molecule has 0 aliphatic heterocycles. The average molecular weight is 473 g/mol. The maximum atomic E-state index is 4.99. The molecular formula is C13H28S9. The Morgan fingerprint density at radius 1 is 0.818 bits per heavy atom. The number of thioether (sulfide) groups is 4. The van der Waals surface area contributed by atoms with Crippen LogP contribution in [0.1, 0.15) is 6.42 Å². The second kappa shape index (κ2) is 17.6. The fraction of sp³-hybridized carbons (Fsp3) is 1.00. The Labute approximate surface area is 181 Å². The molecule has 0 aromatic rings. The minimum Gasteiger partial charge on any atom is -0.179 e. The zero-order chi connectivity index (χ0) is 16.7. The van der Waals surface area contributed by atoms with E-state index in [0.29, 0.717) is 5.25 Å². The molecule has 0 rings (SSSR count). The van der Waals surface area contributed by atoms with E-state index in [1.54, 1.807) is 0 Å². The van der Waals surface area contributed by atoms with Gasteiger partial charge in [-0.3, -0.25) is 0 Å². The van der Waals surface area contributed by atoms with Crippen LogP contribution >= 0.6 is 110 Å². The Balaban J connectivity index is 4.14. The minimum atomic E-state index is 0.0457. The van der Waals surface area contributed by atoms with E-state index < -0.39 is 0 Å². The van der Waals surface area contributed by atoms with Gasteiger partial charge in [-0.25, -0.2) is 0 Å². The molecule has 134 valence electrons. The lowest BCUT2D eigenvalue weighted by molar-refractivity contribution is 1.05. The Hall–Kier alpha value is 3.15. The second-order valence-electron chi connectivity index (χ2n) is 4.56. The van der Waals surface area contributed by atoms with Gasteiger partial charge < -0.3 is 0 Å². The smallest absolute Gasteiger partial charge is 0.0761 e. The van der Waals surface area contributed by atoms with Gasteiger partial charge in [0.05, 0.1) is 4.08 Å². The minimum absolute atomic E-state index is 0.0457. The summed E-state index contributed by atoms with van der Waals surface area (Å²) in [4.78, 5) is 0. The van der Waals surface area contributed by atoms with Gasteiger partial charge in [0.15, 0.2) is 0 Å². The Morgan fingerprint density at radius 2 is 1.50 bits per heavy atom. The predicted octanol–water partition coefficient (Wildman–Crippen LogP) is 5.02. The van der Waals surface area contributed by atoms with E-state index in [0.717, 1.165) is 51.8 Å². The van der Waals surface area contributed by atoms with Gasteiger partial charge in [-0.15, -0.1) is 11.8 Å². The van der Waals surface area contributed by atoms with Crippen LogP contribution in [0.2, 0.25) is 0 Å². The van der Waals surface area contributed by atoms with Gasteiger partial charge in [0.2, 0.25) is 0 Å². The first-order chi connectivity index (χ1) is 10.6. The van der Waals surface area contributed by atoms with E-state index in [-0.39, 0.29) is 4.08 Å². The summed E-state index contributed by atoms with van der Waals surface area (Å²) in [7, 11) is 0. The fourth-order valence-electron chi connectivity index (χ4n) is 1.48. The van der Waals surface area contributed by atoms with E-state index in [4.69, 9.17) is 12.6 Å². The van der Waals surface area contributed by atoms with Crippen molar-refractivity contribution in [2.75, 3.05) is 57.5 Å². The Kier molecular flexibility index (Phi) is 20.1. The molecule has 22 heavy (non-hydrogen) atoms. The molecule has 2 atom stereocenters. The lowest BCUT2D eigenvalue weighted by Gasteiger charge is -2.28. The molecule has 0 bridgehead atoms. The molecule has 0 aliphatic rings. The average Bonchev–Trinajstić information content (AvgIpc) is 2.53. The van der Waals surface area contributed by atoms with Crippen molar-refractivity contribution in [3.05, 3.63) is 0 Å². The van der Waals surface area contributed by atoms with Crippen molar-refractivity contribution in [3.63, 3.8) is 0 Å². The predicted molar refractivity (Wildman–Crippen MR) is 135 cm³/mol. The highest BCUT2D eigenvalue weighted by Gasteiger charge is 2.26. The lowest BCUT2D eigenvalue weighted by atomic mass is 10.5. The first-order valence-corrected chi connectivity index (χ1v) is 14.5. The SMILES string of the molecule is SCCCSCC(S)(CSCC(CS)SCCS)SCCS. The summed E-state index contributed by atoms with van der Waals surface area (Å²) in [6.07, 6.45) is 1.17. The van der Waals surface area contributed by atoms with Crippen LogP contribution in [-0.2, 0) is 0 Å². The molecule has 0 aliphatic carbocycles. The topological polar surface area (TPSA) is 0 Å². The maximum Gasteiger partial charge on any atom is 0.0761 e. The van der Waals surface area contributed by atoms with Crippen molar-refractivity contribution in [1.82, 2.24) is 0 Å². The molecule has 0 radical (unpaired) electrons. The molecule has 2 unspecified atom stereocenters. The summed E-state index contributed by atoms with van der Waals surface area (Å²) in [6, 6.07) is 0. The highest BCUT2D eigenvalue weighted by Crippen LogP contribution is 2.37. The molecule has 0 spiro atoms. The number of thiol groups is 5. The van der Waals surface area contributed by atoms with Gasteiger partial charge in [-0.2, -0.15) is 98.4 Å². The molecule has 0 amide bonds. The molecule has 0 saturated heterocycles. The van der Waals surface area contributed by atoms with Crippen molar-refractivity contribution < 1.29 is 0 Å². The zero-order valence-electron chi connectivity index (χ0n) is 12.7. The number of rotatable bonds is 16. The van der Waals surface area contributed by atoms with Crippen molar-refractivity contribution in [2.45, 2.75) is 15.7 Å². The van der Waals surface area contributed by atoms with Crippen LogP contribution in [0.15, 0.2) is 0 Å². The molecule has 0 aromatic carbocycles. The summed E-state index contributed by atoms with van der Waals surface area (Å²) in [6.45, 7) is 0. The third kappa shape index (κ3) is 14.3. The largest absolute Gasteiger partial charge is 0.179 e. The first kappa shape index (κ1) is 25.1. The van der Waals surface area contributed by atoms with Crippen LogP contribution in [0.4, 0.5) is 0 Å². The second-order valence-corrected chi connectivity index (χ2v) is 12.4. The molecule has 0 heterocycles. The summed E-state index contributed by atoms with van der Waals surface area (Å²) >= 11 is 30.3. The monoisotopic (exact) mass is 472 g/mol. The molecule has 0 saturated carbocycles. The molecule has 0 fully saturated rings. The molecular weight excluding hydrogens is 445 g/mol. The standard InChI is InChI=1S/C13H28S9/c14-2-1-5-19-10-13(18,22-7-4-16)11-20-9-12(8-17)21-6-3-15/h12,14-18H,1-11H2. The highest BCUT2D eigenvalue weighted by molar-refractivity contribution is 8.15. The molecule has 9 heteroatoms. The molecule has 0 N–H and O–H groups in total. The summed E-state index contributed by atoms with van der Waals surface area (Å²) in [5.74, 6) is 10.4. The Bertz CT molecular complexity index is 242. The van der Waals surface area contributed by atoms with E-state index in [1.165, 1.54) is 12.2 Å². The first-order valence-electron chi connectivity index (χ1n) is 7.18. The zero-order valence-corrected chi connectivity index (χ0v) is 20.5. The number of hydrogen-bond acceptors (Lipinski definition) is 9. The number of hydrogen-bond donors (Lipinski definition) is 5. The normalized spacial score (nSPS) is 15.7. The Morgan fingerprint density at radius 3 is 2.09 bits per heavy atom. The van der Waals surface area contributed by atoms with Crippen molar-refractivity contribution in [1.29, 1.82) is 0 Å². The van der Waals surface area contributed by atoms with Crippen LogP contribution in [0.3, 0.4) is 0 Å². The van der Waals surface area contributed by atoms with Gasteiger partial charge >= 0.3 is 0 Å². The summed E-state index contributed by atoms with van der Waals surface area (Å²) < 4.78 is 0.0457. The van der Waals surface area contributed by atoms with Crippen LogP contribution in [-0.4, -0.2) is 66.9 Å². The fourth-order valence-corrected chi connectivity index (χ4v) is 8.70. The highest BCUT2D eigenvalue weighted by atomic mass is 32.2. The van der Waals surface area contributed by atoms with E-state index in [1.807, 2.05) is 47.0 Å². The third-order valence-electron chi connectivity index (χ3n) is 2.52. The summed E-state index contributed by atoms with van der Waals surface area (Å²) in [5, 5.41) is 0.616. The molecule has 0 aromatic heterocycles. The van der Waals surface area contributed by atoms with Crippen LogP contribution in [0.5, 0.6) is 0 Å². The summed E-state index contributed by atoms with van der Waals surface area (Å²) in [5.41, 5.74) is 0. The van der Waals surface area contributed by atoms with Crippen molar-refractivity contribution >= 4 is 110 Å². The van der Waals surface area contributed by atoms with Gasteiger partial charge in [-0.1, -0.05) is 0 Å². The van der Waals surface area contributed by atoms with Crippen molar-refractivity contribution in [3.8, 4) is 0 Å². The quantitative estimate of drug-likeness (QED) is 0.121. The van der Waals surface area contributed by atoms with Gasteiger partial charge in [0.25, 0.3) is 0 Å². The van der Waals surface area contributed by atoms with E-state index >= 15 is 0 Å². The van der Waals surface area contributed by atoms with Gasteiger partial charge in [-0.05, 0) is 29.4 Å². The van der Waals surface area contributed by atoms with Crippen molar-refractivity contribution in [2.24, 2.45) is 0 Å². The van der Waals surface area contributed by atoms with Crippen LogP contribution in [0, 0.1) is 0 Å². The van der Waals surface area contributed by atoms with Crippen LogP contribution < -0.4 is 0 Å². The van der Waals surface area contributed by atoms with Gasteiger partial charge in [0.1, 0.15) is 0 Å².